The van der Waals surface area contributed by atoms with E-state index in [0.29, 0.717) is 11.2 Å². The highest BCUT2D eigenvalue weighted by Gasteiger charge is 2.18. The van der Waals surface area contributed by atoms with Gasteiger partial charge in [-0.2, -0.15) is 28.7 Å². The third kappa shape index (κ3) is 5.12. The van der Waals surface area contributed by atoms with Crippen LogP contribution < -0.4 is 21.1 Å². The molecule has 0 saturated carbocycles. The number of carbonyl (C=O) groups excluding carboxylic acids is 1. The summed E-state index contributed by atoms with van der Waals surface area (Å²) in [5.41, 5.74) is 2.40. The molecular formula is C20H16N8O4S. The predicted molar refractivity (Wildman–Crippen MR) is 120 cm³/mol. The van der Waals surface area contributed by atoms with E-state index in [1.165, 1.54) is 56.3 Å². The van der Waals surface area contributed by atoms with Gasteiger partial charge in [-0.1, -0.05) is 0 Å². The molecule has 3 N–H and O–H groups in total. The zero-order chi connectivity index (χ0) is 24.2. The number of sulfonamides is 1. The van der Waals surface area contributed by atoms with Gasteiger partial charge in [0.15, 0.2) is 0 Å². The zero-order valence-corrected chi connectivity index (χ0v) is 18.1. The van der Waals surface area contributed by atoms with E-state index in [1.807, 2.05) is 0 Å². The van der Waals surface area contributed by atoms with Crippen LogP contribution in [0.25, 0.3) is 10.9 Å². The highest BCUT2D eigenvalue weighted by molar-refractivity contribution is 7.92. The van der Waals surface area contributed by atoms with Gasteiger partial charge in [0.1, 0.15) is 18.0 Å². The molecular weight excluding hydrogens is 448 g/mol. The fourth-order valence-corrected chi connectivity index (χ4v) is 3.82. The van der Waals surface area contributed by atoms with Crippen LogP contribution in [-0.4, -0.2) is 29.7 Å². The molecule has 3 aromatic rings. The van der Waals surface area contributed by atoms with Crippen LogP contribution in [0, 0.1) is 29.6 Å². The van der Waals surface area contributed by atoms with Crippen LogP contribution >= 0.6 is 0 Å². The SMILES string of the molecule is CC(=O)Nc1ccc(S(=O)(=O)Nn2c(C)nc3ccc(NN=C(C#N)C#N)cc3c2=O)cc1. The third-order valence-electron chi connectivity index (χ3n) is 4.24. The van der Waals surface area contributed by atoms with Gasteiger partial charge in [-0.05, 0) is 49.4 Å². The highest BCUT2D eigenvalue weighted by atomic mass is 32.2. The topological polar surface area (TPSA) is 182 Å². The molecule has 3 rings (SSSR count). The number of aromatic nitrogens is 2. The van der Waals surface area contributed by atoms with Crippen molar-refractivity contribution >= 4 is 43.9 Å². The number of nitrogens with zero attached hydrogens (tertiary/aromatic N) is 5. The summed E-state index contributed by atoms with van der Waals surface area (Å²) < 4.78 is 26.4. The number of aryl methyl sites for hydroxylation is 1. The Morgan fingerprint density at radius 3 is 2.33 bits per heavy atom. The molecule has 0 aliphatic carbocycles. The second-order valence-electron chi connectivity index (χ2n) is 6.63. The summed E-state index contributed by atoms with van der Waals surface area (Å²) in [6.07, 6.45) is 0. The van der Waals surface area contributed by atoms with Crippen molar-refractivity contribution in [1.82, 2.24) is 9.66 Å². The van der Waals surface area contributed by atoms with E-state index in [-0.39, 0.29) is 27.7 Å². The molecule has 12 nitrogen and oxygen atoms in total. The Labute approximate surface area is 187 Å². The number of anilines is 2. The fraction of sp³-hybridized carbons (Fsp3) is 0.100. The minimum absolute atomic E-state index is 0.0694. The van der Waals surface area contributed by atoms with E-state index in [9.17, 15) is 18.0 Å². The summed E-state index contributed by atoms with van der Waals surface area (Å²) in [5.74, 6) is -0.204. The van der Waals surface area contributed by atoms with Crippen molar-refractivity contribution in [2.75, 3.05) is 15.6 Å². The van der Waals surface area contributed by atoms with E-state index in [2.05, 4.69) is 25.7 Å². The monoisotopic (exact) mass is 464 g/mol. The number of amides is 1. The number of fused-ring (bicyclic) bond motifs is 1. The molecule has 0 aliphatic heterocycles. The summed E-state index contributed by atoms with van der Waals surface area (Å²) in [6.45, 7) is 2.79. The van der Waals surface area contributed by atoms with E-state index in [1.54, 1.807) is 12.1 Å². The number of rotatable bonds is 6. The number of hydrogen-bond acceptors (Lipinski definition) is 9. The molecule has 0 radical (unpaired) electrons. The van der Waals surface area contributed by atoms with Gasteiger partial charge < -0.3 is 5.32 Å². The minimum atomic E-state index is -4.16. The number of hydrogen-bond donors (Lipinski definition) is 3. The number of nitrogens with one attached hydrogen (secondary N) is 3. The van der Waals surface area contributed by atoms with Gasteiger partial charge in [0.2, 0.25) is 11.6 Å². The molecule has 0 bridgehead atoms. The Hall–Kier alpha value is -4.75. The molecule has 0 spiro atoms. The van der Waals surface area contributed by atoms with Crippen molar-refractivity contribution < 1.29 is 13.2 Å². The van der Waals surface area contributed by atoms with Crippen molar-refractivity contribution in [3.05, 3.63) is 58.6 Å². The molecule has 1 amide bonds. The molecule has 0 saturated heterocycles. The standard InChI is InChI=1S/C20H16N8O4S/c1-12-23-19-8-5-15(25-26-16(10-21)11-22)9-18(19)20(30)28(12)27-33(31,32)17-6-3-14(4-7-17)24-13(2)29/h3-9,25,27H,1-2H3,(H,24,29). The van der Waals surface area contributed by atoms with Gasteiger partial charge in [0.05, 0.1) is 21.5 Å². The maximum absolute atomic E-state index is 13.0. The molecule has 0 atom stereocenters. The van der Waals surface area contributed by atoms with Crippen molar-refractivity contribution in [3.63, 3.8) is 0 Å². The van der Waals surface area contributed by atoms with Gasteiger partial charge >= 0.3 is 0 Å². The smallest absolute Gasteiger partial charge is 0.280 e. The lowest BCUT2D eigenvalue weighted by Gasteiger charge is -2.14. The average molecular weight is 464 g/mol. The van der Waals surface area contributed by atoms with Crippen LogP contribution in [0.2, 0.25) is 0 Å². The number of carbonyl (C=O) groups is 1. The lowest BCUT2D eigenvalue weighted by molar-refractivity contribution is -0.114. The summed E-state index contributed by atoms with van der Waals surface area (Å²) in [6, 6.07) is 13.0. The second kappa shape index (κ2) is 9.17. The van der Waals surface area contributed by atoms with Crippen LogP contribution in [0.1, 0.15) is 12.7 Å². The van der Waals surface area contributed by atoms with Crippen LogP contribution in [0.15, 0.2) is 57.3 Å². The summed E-state index contributed by atoms with van der Waals surface area (Å²) >= 11 is 0. The maximum atomic E-state index is 13.0. The van der Waals surface area contributed by atoms with Gasteiger partial charge in [0, 0.05) is 12.6 Å². The highest BCUT2D eigenvalue weighted by Crippen LogP contribution is 2.17. The Bertz CT molecular complexity index is 1510. The first-order valence-electron chi connectivity index (χ1n) is 9.22. The van der Waals surface area contributed by atoms with Crippen molar-refractivity contribution in [3.8, 4) is 12.1 Å². The summed E-state index contributed by atoms with van der Waals surface area (Å²) in [4.78, 5) is 30.5. The fourth-order valence-electron chi connectivity index (χ4n) is 2.76. The Morgan fingerprint density at radius 1 is 1.09 bits per heavy atom. The molecule has 166 valence electrons. The van der Waals surface area contributed by atoms with Gasteiger partial charge in [-0.25, -0.2) is 9.82 Å². The van der Waals surface area contributed by atoms with Gasteiger partial charge in [0.25, 0.3) is 15.6 Å². The molecule has 33 heavy (non-hydrogen) atoms. The second-order valence-corrected chi connectivity index (χ2v) is 8.29. The number of benzene rings is 2. The van der Waals surface area contributed by atoms with Gasteiger partial charge in [-0.3, -0.25) is 15.0 Å². The maximum Gasteiger partial charge on any atom is 0.280 e. The number of hydrazone groups is 1. The molecule has 0 fully saturated rings. The minimum Gasteiger partial charge on any atom is -0.326 e. The molecule has 1 heterocycles. The van der Waals surface area contributed by atoms with Crippen LogP contribution in [0.5, 0.6) is 0 Å². The lowest BCUT2D eigenvalue weighted by Crippen LogP contribution is -2.35. The first-order chi connectivity index (χ1) is 15.6. The average Bonchev–Trinajstić information content (AvgIpc) is 2.77. The van der Waals surface area contributed by atoms with Crippen molar-refractivity contribution in [2.24, 2.45) is 5.10 Å². The number of nitriles is 2. The van der Waals surface area contributed by atoms with E-state index >= 15 is 0 Å². The quantitative estimate of drug-likeness (QED) is 0.361. The van der Waals surface area contributed by atoms with Crippen LogP contribution in [-0.2, 0) is 14.8 Å². The van der Waals surface area contributed by atoms with Crippen LogP contribution in [0.3, 0.4) is 0 Å². The third-order valence-corrected chi connectivity index (χ3v) is 5.56. The van der Waals surface area contributed by atoms with Gasteiger partial charge in [-0.15, -0.1) is 0 Å². The summed E-state index contributed by atoms with van der Waals surface area (Å²) in [7, 11) is -4.16. The molecule has 0 aliphatic rings. The predicted octanol–water partition coefficient (Wildman–Crippen LogP) is 1.41. The van der Waals surface area contributed by atoms with E-state index in [4.69, 9.17) is 10.5 Å². The normalized spacial score (nSPS) is 10.5. The lowest BCUT2D eigenvalue weighted by atomic mass is 10.2. The molecule has 13 heteroatoms. The van der Waals surface area contributed by atoms with Crippen LogP contribution in [0.4, 0.5) is 11.4 Å². The van der Waals surface area contributed by atoms with E-state index in [0.717, 1.165) is 4.68 Å². The first-order valence-corrected chi connectivity index (χ1v) is 10.7. The largest absolute Gasteiger partial charge is 0.326 e. The van der Waals surface area contributed by atoms with E-state index < -0.39 is 21.3 Å². The Balaban J connectivity index is 1.98. The molecule has 1 aromatic heterocycles. The van der Waals surface area contributed by atoms with Crippen molar-refractivity contribution in [1.29, 1.82) is 10.5 Å². The molecule has 2 aromatic carbocycles. The van der Waals surface area contributed by atoms with Crippen molar-refractivity contribution in [2.45, 2.75) is 18.7 Å². The Morgan fingerprint density at radius 2 is 1.73 bits per heavy atom. The first kappa shape index (κ1) is 22.9. The summed E-state index contributed by atoms with van der Waals surface area (Å²) in [5, 5.41) is 23.7. The Kier molecular flexibility index (Phi) is 6.37. The zero-order valence-electron chi connectivity index (χ0n) is 17.3. The molecule has 0 unspecified atom stereocenters.